The minimum Gasteiger partial charge on any atom is -0.298 e. The van der Waals surface area contributed by atoms with Crippen LogP contribution in [0.4, 0.5) is 5.13 Å². The van der Waals surface area contributed by atoms with Crippen molar-refractivity contribution in [1.29, 1.82) is 0 Å². The van der Waals surface area contributed by atoms with Gasteiger partial charge in [-0.15, -0.1) is 10.2 Å². The summed E-state index contributed by atoms with van der Waals surface area (Å²) in [5, 5.41) is 9.49. The lowest BCUT2D eigenvalue weighted by molar-refractivity contribution is 0.590. The molecule has 0 spiro atoms. The Labute approximate surface area is 105 Å². The summed E-state index contributed by atoms with van der Waals surface area (Å²) < 4.78 is 0. The second kappa shape index (κ2) is 4.43. The Morgan fingerprint density at radius 2 is 1.76 bits per heavy atom. The maximum absolute atomic E-state index is 5.28. The van der Waals surface area contributed by atoms with Gasteiger partial charge in [-0.2, -0.15) is 0 Å². The molecule has 0 aliphatic carbocycles. The normalized spacial score (nSPS) is 11.5. The van der Waals surface area contributed by atoms with Gasteiger partial charge in [-0.3, -0.25) is 5.43 Å². The van der Waals surface area contributed by atoms with Gasteiger partial charge in [0.2, 0.25) is 5.13 Å². The van der Waals surface area contributed by atoms with Crippen LogP contribution in [0, 0.1) is 0 Å². The molecule has 1 aromatic carbocycles. The van der Waals surface area contributed by atoms with Gasteiger partial charge in [-0.25, -0.2) is 5.84 Å². The number of rotatable bonds is 2. The zero-order valence-electron chi connectivity index (χ0n) is 10.2. The Morgan fingerprint density at radius 3 is 2.24 bits per heavy atom. The number of aromatic nitrogens is 2. The number of hydrogen-bond acceptors (Lipinski definition) is 5. The molecular formula is C12H16N4S. The molecule has 0 amide bonds. The number of nitrogens with two attached hydrogens (primary N) is 1. The van der Waals surface area contributed by atoms with Crippen molar-refractivity contribution in [3.8, 4) is 10.6 Å². The molecule has 0 aliphatic heterocycles. The van der Waals surface area contributed by atoms with Crippen LogP contribution in [-0.2, 0) is 5.41 Å². The first-order valence-corrected chi connectivity index (χ1v) is 6.23. The Balaban J connectivity index is 2.29. The molecule has 0 unspecified atom stereocenters. The average molecular weight is 248 g/mol. The third-order valence-corrected chi connectivity index (χ3v) is 3.45. The van der Waals surface area contributed by atoms with E-state index in [2.05, 4.69) is 60.7 Å². The summed E-state index contributed by atoms with van der Waals surface area (Å²) in [5.74, 6) is 5.28. The number of nitrogen functional groups attached to an aromatic ring is 1. The Morgan fingerprint density at radius 1 is 1.12 bits per heavy atom. The highest BCUT2D eigenvalue weighted by Gasteiger charge is 2.13. The Hall–Kier alpha value is -1.46. The standard InChI is InChI=1S/C12H16N4S/c1-12(2,3)9-6-4-8(5-7-9)10-15-16-11(14-13)17-10/h4-7H,13H2,1-3H3,(H,14,16). The van der Waals surface area contributed by atoms with Crippen LogP contribution in [0.15, 0.2) is 24.3 Å². The third kappa shape index (κ3) is 2.62. The first-order chi connectivity index (χ1) is 8.00. The second-order valence-electron chi connectivity index (χ2n) is 4.88. The van der Waals surface area contributed by atoms with Crippen molar-refractivity contribution >= 4 is 16.5 Å². The van der Waals surface area contributed by atoms with Gasteiger partial charge in [-0.05, 0) is 11.0 Å². The summed E-state index contributed by atoms with van der Waals surface area (Å²) in [4.78, 5) is 0. The molecule has 0 aliphatic rings. The number of anilines is 1. The molecular weight excluding hydrogens is 232 g/mol. The maximum atomic E-state index is 5.28. The minimum absolute atomic E-state index is 0.170. The molecule has 0 radical (unpaired) electrons. The molecule has 2 rings (SSSR count). The highest BCUT2D eigenvalue weighted by atomic mass is 32.1. The molecule has 5 heteroatoms. The van der Waals surface area contributed by atoms with Gasteiger partial charge >= 0.3 is 0 Å². The van der Waals surface area contributed by atoms with Crippen LogP contribution >= 0.6 is 11.3 Å². The first kappa shape index (κ1) is 12.0. The molecule has 1 aromatic heterocycles. The van der Waals surface area contributed by atoms with Crippen molar-refractivity contribution in [1.82, 2.24) is 10.2 Å². The minimum atomic E-state index is 0.170. The third-order valence-electron chi connectivity index (χ3n) is 2.55. The lowest BCUT2D eigenvalue weighted by Crippen LogP contribution is -2.10. The van der Waals surface area contributed by atoms with Gasteiger partial charge in [0, 0.05) is 5.56 Å². The van der Waals surface area contributed by atoms with E-state index in [9.17, 15) is 0 Å². The van der Waals surface area contributed by atoms with Gasteiger partial charge < -0.3 is 0 Å². The van der Waals surface area contributed by atoms with E-state index in [1.807, 2.05) is 0 Å². The molecule has 2 aromatic rings. The summed E-state index contributed by atoms with van der Waals surface area (Å²) in [6, 6.07) is 8.40. The number of nitrogens with one attached hydrogen (secondary N) is 1. The molecule has 0 bridgehead atoms. The van der Waals surface area contributed by atoms with E-state index >= 15 is 0 Å². The zero-order valence-corrected chi connectivity index (χ0v) is 11.0. The molecule has 0 fully saturated rings. The number of hydrazine groups is 1. The summed E-state index contributed by atoms with van der Waals surface area (Å²) in [5.41, 5.74) is 5.04. The lowest BCUT2D eigenvalue weighted by Gasteiger charge is -2.18. The fourth-order valence-electron chi connectivity index (χ4n) is 1.51. The van der Waals surface area contributed by atoms with Crippen LogP contribution in [0.1, 0.15) is 26.3 Å². The lowest BCUT2D eigenvalue weighted by atomic mass is 9.87. The molecule has 3 N–H and O–H groups in total. The molecule has 4 nitrogen and oxygen atoms in total. The molecule has 90 valence electrons. The van der Waals surface area contributed by atoms with E-state index in [0.29, 0.717) is 5.13 Å². The Bertz CT molecular complexity index is 496. The monoisotopic (exact) mass is 248 g/mol. The summed E-state index contributed by atoms with van der Waals surface area (Å²) in [7, 11) is 0. The smallest absolute Gasteiger partial charge is 0.220 e. The molecule has 0 atom stereocenters. The number of nitrogens with zero attached hydrogens (tertiary/aromatic N) is 2. The first-order valence-electron chi connectivity index (χ1n) is 5.42. The molecule has 0 saturated carbocycles. The van der Waals surface area contributed by atoms with Crippen LogP contribution in [0.3, 0.4) is 0 Å². The predicted molar refractivity (Wildman–Crippen MR) is 71.9 cm³/mol. The van der Waals surface area contributed by atoms with Crippen LogP contribution in [0.5, 0.6) is 0 Å². The van der Waals surface area contributed by atoms with Gasteiger partial charge in [0.25, 0.3) is 0 Å². The highest BCUT2D eigenvalue weighted by Crippen LogP contribution is 2.28. The van der Waals surface area contributed by atoms with Crippen molar-refractivity contribution < 1.29 is 0 Å². The van der Waals surface area contributed by atoms with Crippen molar-refractivity contribution in [2.75, 3.05) is 5.43 Å². The molecule has 0 saturated heterocycles. The van der Waals surface area contributed by atoms with Crippen molar-refractivity contribution in [2.45, 2.75) is 26.2 Å². The molecule has 17 heavy (non-hydrogen) atoms. The fraction of sp³-hybridized carbons (Fsp3) is 0.333. The van der Waals surface area contributed by atoms with Crippen molar-refractivity contribution in [2.24, 2.45) is 5.84 Å². The largest absolute Gasteiger partial charge is 0.298 e. The fourth-order valence-corrected chi connectivity index (χ4v) is 2.17. The van der Waals surface area contributed by atoms with E-state index in [1.54, 1.807) is 0 Å². The SMILES string of the molecule is CC(C)(C)c1ccc(-c2nnc(NN)s2)cc1. The van der Waals surface area contributed by atoms with E-state index < -0.39 is 0 Å². The van der Waals surface area contributed by atoms with Gasteiger partial charge in [0.15, 0.2) is 0 Å². The second-order valence-corrected chi connectivity index (χ2v) is 5.86. The van der Waals surface area contributed by atoms with Gasteiger partial charge in [0.1, 0.15) is 5.01 Å². The van der Waals surface area contributed by atoms with Crippen LogP contribution < -0.4 is 11.3 Å². The Kier molecular flexibility index (Phi) is 3.13. The summed E-state index contributed by atoms with van der Waals surface area (Å²) in [6.45, 7) is 6.59. The van der Waals surface area contributed by atoms with E-state index in [4.69, 9.17) is 5.84 Å². The van der Waals surface area contributed by atoms with Gasteiger partial charge in [-0.1, -0.05) is 56.4 Å². The number of hydrogen-bond donors (Lipinski definition) is 2. The summed E-state index contributed by atoms with van der Waals surface area (Å²) >= 11 is 1.44. The van der Waals surface area contributed by atoms with Crippen molar-refractivity contribution in [3.63, 3.8) is 0 Å². The average Bonchev–Trinajstić information content (AvgIpc) is 2.76. The van der Waals surface area contributed by atoms with Crippen LogP contribution in [-0.4, -0.2) is 10.2 Å². The highest BCUT2D eigenvalue weighted by molar-refractivity contribution is 7.18. The quantitative estimate of drug-likeness (QED) is 0.633. The topological polar surface area (TPSA) is 63.8 Å². The van der Waals surface area contributed by atoms with Crippen LogP contribution in [0.2, 0.25) is 0 Å². The van der Waals surface area contributed by atoms with Crippen molar-refractivity contribution in [3.05, 3.63) is 29.8 Å². The number of benzene rings is 1. The van der Waals surface area contributed by atoms with E-state index in [-0.39, 0.29) is 5.41 Å². The van der Waals surface area contributed by atoms with Gasteiger partial charge in [0.05, 0.1) is 0 Å². The zero-order chi connectivity index (χ0) is 12.5. The van der Waals surface area contributed by atoms with Crippen LogP contribution in [0.25, 0.3) is 10.6 Å². The maximum Gasteiger partial charge on any atom is 0.220 e. The molecule has 1 heterocycles. The predicted octanol–water partition coefficient (Wildman–Crippen LogP) is 2.79. The summed E-state index contributed by atoms with van der Waals surface area (Å²) in [6.07, 6.45) is 0. The van der Waals surface area contributed by atoms with E-state index in [1.165, 1.54) is 16.9 Å². The van der Waals surface area contributed by atoms with E-state index in [0.717, 1.165) is 10.6 Å².